The highest BCUT2D eigenvalue weighted by Gasteiger charge is 2.44. The lowest BCUT2D eigenvalue weighted by molar-refractivity contribution is -0.287. The molecule has 0 saturated carbocycles. The third-order valence-corrected chi connectivity index (χ3v) is 3.03. The number of carbonyl (C=O) groups excluding carboxylic acids is 4. The lowest BCUT2D eigenvalue weighted by atomic mass is 9.88. The average molecular weight is 477 g/mol. The molecule has 0 aliphatic carbocycles. The summed E-state index contributed by atoms with van der Waals surface area (Å²) in [6.07, 6.45) is -7.83. The molecule has 1 aromatic rings. The molecule has 1 atom stereocenters. The molecule has 10 nitrogen and oxygen atoms in total. The molecule has 32 heavy (non-hydrogen) atoms. The normalized spacial score (nSPS) is 12.4. The zero-order valence-corrected chi connectivity index (χ0v) is 16.5. The molecule has 0 aliphatic rings. The van der Waals surface area contributed by atoms with Crippen molar-refractivity contribution in [2.45, 2.75) is 39.2 Å². The summed E-state index contributed by atoms with van der Waals surface area (Å²) in [5, 5.41) is 0. The van der Waals surface area contributed by atoms with Gasteiger partial charge in [-0.25, -0.2) is 24.2 Å². The number of rotatable bonds is 2. The summed E-state index contributed by atoms with van der Waals surface area (Å²) >= 11 is 0. The van der Waals surface area contributed by atoms with Crippen molar-refractivity contribution in [1.82, 2.24) is 10.5 Å². The van der Waals surface area contributed by atoms with Gasteiger partial charge < -0.3 is 10.6 Å². The number of amides is 1. The molecule has 0 radical (unpaired) electrons. The van der Waals surface area contributed by atoms with Gasteiger partial charge in [-0.15, -0.1) is 0 Å². The molecule has 1 aromatic heterocycles. The van der Waals surface area contributed by atoms with Gasteiger partial charge in [0.1, 0.15) is 6.04 Å². The summed E-state index contributed by atoms with van der Waals surface area (Å²) in [6, 6.07) is 1.29. The van der Waals surface area contributed by atoms with Gasteiger partial charge >= 0.3 is 30.3 Å². The summed E-state index contributed by atoms with van der Waals surface area (Å²) in [4.78, 5) is 56.6. The van der Waals surface area contributed by atoms with Crippen molar-refractivity contribution < 1.29 is 60.1 Å². The van der Waals surface area contributed by atoms with Crippen molar-refractivity contribution >= 4 is 23.8 Å². The molecule has 1 heterocycles. The van der Waals surface area contributed by atoms with E-state index in [1.54, 1.807) is 20.8 Å². The van der Waals surface area contributed by atoms with Gasteiger partial charge in [0, 0.05) is 18.0 Å². The number of nitrogens with two attached hydrogens (primary N) is 1. The van der Waals surface area contributed by atoms with E-state index in [4.69, 9.17) is 5.73 Å². The van der Waals surface area contributed by atoms with Crippen LogP contribution in [-0.2, 0) is 29.0 Å². The molecule has 0 aliphatic heterocycles. The van der Waals surface area contributed by atoms with Gasteiger partial charge in [-0.05, 0) is 17.5 Å². The van der Waals surface area contributed by atoms with Crippen molar-refractivity contribution in [3.63, 3.8) is 0 Å². The van der Waals surface area contributed by atoms with Gasteiger partial charge in [0.2, 0.25) is 0 Å². The molecule has 1 amide bonds. The number of carbonyl (C=O) groups is 4. The smallest absolute Gasteiger partial charge is 0.332 e. The minimum absolute atomic E-state index is 0.0185. The topological polar surface area (TPSA) is 147 Å². The highest BCUT2D eigenvalue weighted by Crippen LogP contribution is 2.20. The summed E-state index contributed by atoms with van der Waals surface area (Å²) in [7, 11) is 0. The van der Waals surface area contributed by atoms with E-state index in [9.17, 15) is 45.5 Å². The highest BCUT2D eigenvalue weighted by atomic mass is 19.4. The standard InChI is InChI=1S/C8H5F3N2O3.C8H12F3NO4/c9-8(10,11)7(15)16-13-6(14)5-1-3-12-4-2-5;1-7(2,3)4(12)5(13)15-16-6(14)8(9,10)11/h1-4H,(H,13,14);4H,12H2,1-3H3/t;4-/m.1/s1. The summed E-state index contributed by atoms with van der Waals surface area (Å²) in [5.74, 6) is -7.32. The largest absolute Gasteiger partial charge is 0.495 e. The number of halogens is 6. The van der Waals surface area contributed by atoms with Crippen LogP contribution in [0.15, 0.2) is 24.5 Å². The Morgan fingerprint density at radius 1 is 0.906 bits per heavy atom. The third kappa shape index (κ3) is 10.6. The Morgan fingerprint density at radius 2 is 1.38 bits per heavy atom. The number of hydrogen-bond donors (Lipinski definition) is 2. The first-order valence-corrected chi connectivity index (χ1v) is 8.10. The van der Waals surface area contributed by atoms with Crippen LogP contribution in [0.25, 0.3) is 0 Å². The fourth-order valence-electron chi connectivity index (χ4n) is 1.24. The Labute approximate surface area is 175 Å². The van der Waals surface area contributed by atoms with E-state index in [1.807, 2.05) is 0 Å². The second-order valence-corrected chi connectivity index (χ2v) is 6.67. The van der Waals surface area contributed by atoms with Gasteiger partial charge in [0.05, 0.1) is 0 Å². The maximum Gasteiger partial charge on any atom is 0.495 e. The molecule has 1 rings (SSSR count). The lowest BCUT2D eigenvalue weighted by Crippen LogP contribution is -2.44. The second kappa shape index (κ2) is 11.3. The second-order valence-electron chi connectivity index (χ2n) is 6.67. The van der Waals surface area contributed by atoms with Gasteiger partial charge in [-0.1, -0.05) is 20.8 Å². The molecule has 0 fully saturated rings. The van der Waals surface area contributed by atoms with Gasteiger partial charge in [0.25, 0.3) is 5.91 Å². The number of nitrogens with zero attached hydrogens (tertiary/aromatic N) is 1. The van der Waals surface area contributed by atoms with E-state index < -0.39 is 47.6 Å². The number of nitrogens with one attached hydrogen (secondary N) is 1. The molecule has 3 N–H and O–H groups in total. The van der Waals surface area contributed by atoms with Crippen molar-refractivity contribution in [3.8, 4) is 0 Å². The Morgan fingerprint density at radius 3 is 1.78 bits per heavy atom. The third-order valence-electron chi connectivity index (χ3n) is 3.03. The fourth-order valence-corrected chi connectivity index (χ4v) is 1.24. The minimum atomic E-state index is -5.22. The van der Waals surface area contributed by atoms with Crippen molar-refractivity contribution in [2.24, 2.45) is 11.1 Å². The van der Waals surface area contributed by atoms with Crippen LogP contribution in [0.1, 0.15) is 31.1 Å². The summed E-state index contributed by atoms with van der Waals surface area (Å²) in [5.41, 5.74) is 6.01. The fraction of sp³-hybridized carbons (Fsp3) is 0.438. The number of pyridine rings is 1. The Hall–Kier alpha value is -3.43. The monoisotopic (exact) mass is 477 g/mol. The van der Waals surface area contributed by atoms with Gasteiger partial charge in [-0.2, -0.15) is 31.8 Å². The number of hydrogen-bond acceptors (Lipinski definition) is 9. The van der Waals surface area contributed by atoms with Crippen molar-refractivity contribution in [3.05, 3.63) is 30.1 Å². The summed E-state index contributed by atoms with van der Waals surface area (Å²) < 4.78 is 69.9. The zero-order valence-electron chi connectivity index (χ0n) is 16.5. The van der Waals surface area contributed by atoms with E-state index in [0.717, 1.165) is 0 Å². The van der Waals surface area contributed by atoms with Gasteiger partial charge in [0.15, 0.2) is 0 Å². The molecule has 0 spiro atoms. The first-order chi connectivity index (χ1) is 14.4. The van der Waals surface area contributed by atoms with Gasteiger partial charge in [-0.3, -0.25) is 9.78 Å². The molecule has 0 saturated heterocycles. The highest BCUT2D eigenvalue weighted by molar-refractivity contribution is 5.94. The van der Waals surface area contributed by atoms with Crippen LogP contribution in [-0.4, -0.2) is 47.2 Å². The SMILES string of the molecule is CC(C)(C)[C@H](N)C(=O)OOC(=O)C(F)(F)F.O=C(NOC(=O)C(F)(F)F)c1ccncc1. The molecular formula is C16H17F6N3O7. The molecule has 0 aromatic carbocycles. The lowest BCUT2D eigenvalue weighted by Gasteiger charge is -2.23. The maximum atomic E-state index is 11.7. The van der Waals surface area contributed by atoms with E-state index in [1.165, 1.54) is 30.0 Å². The number of aromatic nitrogens is 1. The predicted molar refractivity (Wildman–Crippen MR) is 89.5 cm³/mol. The number of alkyl halides is 6. The Bertz CT molecular complexity index is 807. The van der Waals surface area contributed by atoms with E-state index in [2.05, 4.69) is 19.6 Å². The Kier molecular flexibility index (Phi) is 10.1. The first kappa shape index (κ1) is 28.6. The predicted octanol–water partition coefficient (Wildman–Crippen LogP) is 1.76. The zero-order chi connectivity index (χ0) is 25.3. The molecular weight excluding hydrogens is 460 g/mol. The molecule has 180 valence electrons. The van der Waals surface area contributed by atoms with Crippen LogP contribution >= 0.6 is 0 Å². The van der Waals surface area contributed by atoms with Crippen LogP contribution in [0, 0.1) is 5.41 Å². The van der Waals surface area contributed by atoms with Crippen LogP contribution < -0.4 is 11.2 Å². The summed E-state index contributed by atoms with van der Waals surface area (Å²) in [6.45, 7) is 4.72. The molecule has 0 bridgehead atoms. The van der Waals surface area contributed by atoms with Crippen LogP contribution in [0.2, 0.25) is 0 Å². The number of hydroxylamine groups is 1. The van der Waals surface area contributed by atoms with Crippen LogP contribution in [0.3, 0.4) is 0 Å². The van der Waals surface area contributed by atoms with E-state index >= 15 is 0 Å². The molecule has 0 unspecified atom stereocenters. The van der Waals surface area contributed by atoms with Crippen molar-refractivity contribution in [2.75, 3.05) is 0 Å². The first-order valence-electron chi connectivity index (χ1n) is 8.10. The van der Waals surface area contributed by atoms with Crippen molar-refractivity contribution in [1.29, 1.82) is 0 Å². The van der Waals surface area contributed by atoms with E-state index in [0.29, 0.717) is 0 Å². The van der Waals surface area contributed by atoms with E-state index in [-0.39, 0.29) is 5.56 Å². The minimum Gasteiger partial charge on any atom is -0.332 e. The van der Waals surface area contributed by atoms with Crippen LogP contribution in [0.5, 0.6) is 0 Å². The average Bonchev–Trinajstić information content (AvgIpc) is 2.67. The maximum absolute atomic E-state index is 11.7. The Balaban J connectivity index is 0.000000601. The quantitative estimate of drug-likeness (QED) is 0.369. The van der Waals surface area contributed by atoms with Crippen LogP contribution in [0.4, 0.5) is 26.3 Å². The molecule has 16 heteroatoms.